The van der Waals surface area contributed by atoms with E-state index in [0.717, 1.165) is 10.5 Å². The van der Waals surface area contributed by atoms with Crippen molar-refractivity contribution in [2.24, 2.45) is 5.73 Å². The molecule has 0 spiro atoms. The average Bonchev–Trinajstić information content (AvgIpc) is 2.83. The summed E-state index contributed by atoms with van der Waals surface area (Å²) >= 11 is 0. The molecule has 0 aromatic heterocycles. The summed E-state index contributed by atoms with van der Waals surface area (Å²) in [5.74, 6) is 0. The highest BCUT2D eigenvalue weighted by atomic mass is 16.6. The van der Waals surface area contributed by atoms with Crippen LogP contribution in [0.3, 0.4) is 0 Å². The summed E-state index contributed by atoms with van der Waals surface area (Å²) in [5, 5.41) is 31.6. The van der Waals surface area contributed by atoms with Gasteiger partial charge in [0, 0.05) is 12.6 Å². The molecule has 24 heavy (non-hydrogen) atoms. The number of rotatable bonds is 4. The van der Waals surface area contributed by atoms with Crippen molar-refractivity contribution in [1.29, 1.82) is 0 Å². The molecule has 8 heteroatoms. The van der Waals surface area contributed by atoms with Gasteiger partial charge < -0.3 is 31.1 Å². The lowest BCUT2D eigenvalue weighted by atomic mass is 9.99. The second kappa shape index (κ2) is 6.50. The average molecular weight is 335 g/mol. The number of nitrogens with two attached hydrogens (primary N) is 1. The second-order valence-corrected chi connectivity index (χ2v) is 6.08. The van der Waals surface area contributed by atoms with Crippen LogP contribution in [-0.2, 0) is 11.2 Å². The summed E-state index contributed by atoms with van der Waals surface area (Å²) in [6.07, 6.45) is -1.18. The molecule has 0 unspecified atom stereocenters. The molecular formula is C16H21N3O5. The molecule has 2 heterocycles. The molecule has 1 aromatic carbocycles. The number of nitrogens with zero attached hydrogens (tertiary/aromatic N) is 1. The van der Waals surface area contributed by atoms with Crippen molar-refractivity contribution < 1.29 is 24.9 Å². The van der Waals surface area contributed by atoms with E-state index >= 15 is 0 Å². The standard InChI is InChI=1S/C16H21N3O5/c17-16(8-10-4-2-1-3-5-10)6-7-19(15(23)18-16)14-13(22)12(21)11(9-20)24-14/h1-7,11-14,20-22H,8-9,17H2,(H,18,23)/t11-,12-,13-,14-,16-/m1/s1. The molecular weight excluding hydrogens is 314 g/mol. The third-order valence-electron chi connectivity index (χ3n) is 4.24. The minimum Gasteiger partial charge on any atom is -0.394 e. The van der Waals surface area contributed by atoms with E-state index in [-0.39, 0.29) is 0 Å². The van der Waals surface area contributed by atoms with Gasteiger partial charge in [-0.15, -0.1) is 0 Å². The van der Waals surface area contributed by atoms with Crippen LogP contribution in [0.5, 0.6) is 0 Å². The maximum Gasteiger partial charge on any atom is 0.325 e. The third kappa shape index (κ3) is 3.14. The van der Waals surface area contributed by atoms with Crippen molar-refractivity contribution >= 4 is 6.03 Å². The third-order valence-corrected chi connectivity index (χ3v) is 4.24. The summed E-state index contributed by atoms with van der Waals surface area (Å²) in [7, 11) is 0. The first-order valence-electron chi connectivity index (χ1n) is 7.68. The van der Waals surface area contributed by atoms with Gasteiger partial charge in [0.15, 0.2) is 6.23 Å². The number of hydrogen-bond acceptors (Lipinski definition) is 6. The van der Waals surface area contributed by atoms with Crippen molar-refractivity contribution in [2.75, 3.05) is 6.61 Å². The number of hydrogen-bond donors (Lipinski definition) is 5. The van der Waals surface area contributed by atoms with E-state index in [1.165, 1.54) is 6.20 Å². The van der Waals surface area contributed by atoms with Crippen LogP contribution in [0, 0.1) is 0 Å². The Kier molecular flexibility index (Phi) is 4.57. The minimum atomic E-state index is -1.32. The van der Waals surface area contributed by atoms with Gasteiger partial charge in [-0.2, -0.15) is 0 Å². The minimum absolute atomic E-state index is 0.403. The summed E-state index contributed by atoms with van der Waals surface area (Å²) in [6.45, 7) is -0.456. The van der Waals surface area contributed by atoms with Crippen molar-refractivity contribution in [1.82, 2.24) is 10.2 Å². The van der Waals surface area contributed by atoms with Crippen LogP contribution < -0.4 is 11.1 Å². The summed E-state index contributed by atoms with van der Waals surface area (Å²) in [4.78, 5) is 13.5. The first kappa shape index (κ1) is 16.9. The molecule has 1 fully saturated rings. The molecule has 6 N–H and O–H groups in total. The van der Waals surface area contributed by atoms with Gasteiger partial charge in [0.25, 0.3) is 0 Å². The van der Waals surface area contributed by atoms with Crippen molar-refractivity contribution in [3.63, 3.8) is 0 Å². The highest BCUT2D eigenvalue weighted by Gasteiger charge is 2.47. The normalized spacial score (nSPS) is 36.0. The number of ether oxygens (including phenoxy) is 1. The number of nitrogens with one attached hydrogen (secondary N) is 1. The fraction of sp³-hybridized carbons (Fsp3) is 0.438. The molecule has 0 bridgehead atoms. The number of urea groups is 1. The van der Waals surface area contributed by atoms with Gasteiger partial charge in [0.1, 0.15) is 24.0 Å². The first-order valence-corrected chi connectivity index (χ1v) is 7.68. The van der Waals surface area contributed by atoms with Gasteiger partial charge in [-0.1, -0.05) is 30.3 Å². The quantitative estimate of drug-likeness (QED) is 0.473. The van der Waals surface area contributed by atoms with Crippen LogP contribution in [0.15, 0.2) is 42.6 Å². The van der Waals surface area contributed by atoms with E-state index in [1.54, 1.807) is 6.08 Å². The Labute approximate surface area is 139 Å². The van der Waals surface area contributed by atoms with E-state index in [9.17, 15) is 15.0 Å². The van der Waals surface area contributed by atoms with Crippen LogP contribution in [0.25, 0.3) is 0 Å². The molecule has 5 atom stereocenters. The summed E-state index contributed by atoms with van der Waals surface area (Å²) in [6, 6.07) is 8.94. The zero-order valence-corrected chi connectivity index (χ0v) is 12.9. The van der Waals surface area contributed by atoms with Crippen molar-refractivity contribution in [2.45, 2.75) is 36.6 Å². The number of aliphatic hydroxyl groups is 3. The Morgan fingerprint density at radius 3 is 2.54 bits per heavy atom. The first-order chi connectivity index (χ1) is 11.4. The predicted octanol–water partition coefficient (Wildman–Crippen LogP) is -1.14. The Bertz CT molecular complexity index is 625. The molecule has 0 aliphatic carbocycles. The fourth-order valence-corrected chi connectivity index (χ4v) is 2.93. The molecule has 0 saturated carbocycles. The highest BCUT2D eigenvalue weighted by molar-refractivity contribution is 5.78. The van der Waals surface area contributed by atoms with Crippen LogP contribution in [-0.4, -0.2) is 63.1 Å². The summed E-state index contributed by atoms with van der Waals surface area (Å²) < 4.78 is 5.35. The molecule has 2 amide bonds. The van der Waals surface area contributed by atoms with E-state index in [2.05, 4.69) is 5.32 Å². The van der Waals surface area contributed by atoms with Gasteiger partial charge in [0.05, 0.1) is 6.61 Å². The SMILES string of the molecule is N[C@]1(Cc2ccccc2)C=CN([C@@H]2O[C@H](CO)[C@@H](O)[C@H]2O)C(=O)N1. The topological polar surface area (TPSA) is 128 Å². The van der Waals surface area contributed by atoms with E-state index in [4.69, 9.17) is 15.6 Å². The van der Waals surface area contributed by atoms with E-state index in [0.29, 0.717) is 6.42 Å². The smallest absolute Gasteiger partial charge is 0.325 e. The second-order valence-electron chi connectivity index (χ2n) is 6.08. The van der Waals surface area contributed by atoms with Gasteiger partial charge in [-0.25, -0.2) is 4.79 Å². The zero-order valence-electron chi connectivity index (χ0n) is 12.9. The van der Waals surface area contributed by atoms with Crippen LogP contribution >= 0.6 is 0 Å². The number of amides is 2. The maximum atomic E-state index is 12.4. The molecule has 2 aliphatic heterocycles. The molecule has 1 saturated heterocycles. The van der Waals surface area contributed by atoms with Gasteiger partial charge in [0.2, 0.25) is 0 Å². The number of benzene rings is 1. The van der Waals surface area contributed by atoms with E-state index < -0.39 is 42.8 Å². The predicted molar refractivity (Wildman–Crippen MR) is 84.3 cm³/mol. The van der Waals surface area contributed by atoms with E-state index in [1.807, 2.05) is 30.3 Å². The van der Waals surface area contributed by atoms with Crippen molar-refractivity contribution in [3.8, 4) is 0 Å². The van der Waals surface area contributed by atoms with Gasteiger partial charge in [-0.3, -0.25) is 4.90 Å². The lowest BCUT2D eigenvalue weighted by molar-refractivity contribution is -0.0669. The number of aliphatic hydroxyl groups excluding tert-OH is 3. The zero-order chi connectivity index (χ0) is 17.3. The molecule has 2 aliphatic rings. The number of carbonyl (C=O) groups is 1. The lowest BCUT2D eigenvalue weighted by Crippen LogP contribution is -2.63. The Balaban J connectivity index is 1.74. The highest BCUT2D eigenvalue weighted by Crippen LogP contribution is 2.26. The summed E-state index contributed by atoms with van der Waals surface area (Å²) in [5.41, 5.74) is 6.12. The molecule has 0 radical (unpaired) electrons. The van der Waals surface area contributed by atoms with Crippen LogP contribution in [0.4, 0.5) is 4.79 Å². The van der Waals surface area contributed by atoms with Gasteiger partial charge in [-0.05, 0) is 11.6 Å². The van der Waals surface area contributed by atoms with Crippen molar-refractivity contribution in [3.05, 3.63) is 48.2 Å². The Hall–Kier alpha value is -1.97. The maximum absolute atomic E-state index is 12.4. The molecule has 3 rings (SSSR count). The Morgan fingerprint density at radius 1 is 1.25 bits per heavy atom. The fourth-order valence-electron chi connectivity index (χ4n) is 2.93. The monoisotopic (exact) mass is 335 g/mol. The van der Waals surface area contributed by atoms with Crippen LogP contribution in [0.2, 0.25) is 0 Å². The number of carbonyl (C=O) groups excluding carboxylic acids is 1. The largest absolute Gasteiger partial charge is 0.394 e. The van der Waals surface area contributed by atoms with Gasteiger partial charge >= 0.3 is 6.03 Å². The molecule has 1 aromatic rings. The van der Waals surface area contributed by atoms with Crippen LogP contribution in [0.1, 0.15) is 5.56 Å². The molecule has 130 valence electrons. The lowest BCUT2D eigenvalue weighted by Gasteiger charge is -2.37. The molecule has 8 nitrogen and oxygen atoms in total. The Morgan fingerprint density at radius 2 is 1.96 bits per heavy atom.